The number of hydrogen-bond donors (Lipinski definition) is 3. The molecule has 0 saturated carbocycles. The van der Waals surface area contributed by atoms with Crippen LogP contribution in [0.5, 0.6) is 0 Å². The molecule has 0 bridgehead atoms. The van der Waals surface area contributed by atoms with Crippen LogP contribution in [-0.2, 0) is 0 Å². The van der Waals surface area contributed by atoms with E-state index in [2.05, 4.69) is 10.2 Å². The standard InChI is InChI=1S/C8H16N2O2/c1-8(12)4-10(5-8)6-2-9-3-7(6)11/h6-7,9,11-12H,2-5H2,1H3/t6-,7-/m1/s1. The second kappa shape index (κ2) is 2.67. The lowest BCUT2D eigenvalue weighted by molar-refractivity contribution is -0.112. The molecule has 70 valence electrons. The van der Waals surface area contributed by atoms with Gasteiger partial charge in [0.25, 0.3) is 0 Å². The molecule has 3 N–H and O–H groups in total. The Morgan fingerprint density at radius 1 is 1.42 bits per heavy atom. The van der Waals surface area contributed by atoms with E-state index >= 15 is 0 Å². The van der Waals surface area contributed by atoms with Gasteiger partial charge in [-0.1, -0.05) is 0 Å². The zero-order valence-electron chi connectivity index (χ0n) is 7.32. The summed E-state index contributed by atoms with van der Waals surface area (Å²) >= 11 is 0. The minimum Gasteiger partial charge on any atom is -0.390 e. The third-order valence-electron chi connectivity index (χ3n) is 2.71. The summed E-state index contributed by atoms with van der Waals surface area (Å²) in [6.45, 7) is 4.74. The average Bonchev–Trinajstić information content (AvgIpc) is 2.30. The van der Waals surface area contributed by atoms with E-state index < -0.39 is 5.60 Å². The van der Waals surface area contributed by atoms with E-state index in [0.717, 1.165) is 6.54 Å². The first-order valence-electron chi connectivity index (χ1n) is 4.44. The first kappa shape index (κ1) is 8.44. The van der Waals surface area contributed by atoms with Gasteiger partial charge in [-0.3, -0.25) is 4.90 Å². The van der Waals surface area contributed by atoms with Crippen molar-refractivity contribution in [2.45, 2.75) is 24.7 Å². The molecule has 0 aromatic carbocycles. The summed E-state index contributed by atoms with van der Waals surface area (Å²) in [4.78, 5) is 2.13. The van der Waals surface area contributed by atoms with E-state index in [1.54, 1.807) is 0 Å². The molecule has 2 heterocycles. The topological polar surface area (TPSA) is 55.7 Å². The van der Waals surface area contributed by atoms with Crippen molar-refractivity contribution in [1.29, 1.82) is 0 Å². The maximum atomic E-state index is 9.51. The minimum atomic E-state index is -0.525. The molecule has 2 rings (SSSR count). The van der Waals surface area contributed by atoms with E-state index in [4.69, 9.17) is 0 Å². The molecule has 0 unspecified atom stereocenters. The first-order valence-corrected chi connectivity index (χ1v) is 4.44. The zero-order valence-corrected chi connectivity index (χ0v) is 7.32. The Labute approximate surface area is 72.2 Å². The molecule has 0 aromatic heterocycles. The van der Waals surface area contributed by atoms with Crippen LogP contribution >= 0.6 is 0 Å². The molecule has 0 aliphatic carbocycles. The average molecular weight is 172 g/mol. The van der Waals surface area contributed by atoms with Gasteiger partial charge in [0.15, 0.2) is 0 Å². The molecule has 0 amide bonds. The van der Waals surface area contributed by atoms with Gasteiger partial charge in [-0.15, -0.1) is 0 Å². The van der Waals surface area contributed by atoms with Crippen LogP contribution in [0.4, 0.5) is 0 Å². The van der Waals surface area contributed by atoms with Crippen molar-refractivity contribution in [2.75, 3.05) is 26.2 Å². The van der Waals surface area contributed by atoms with E-state index in [9.17, 15) is 10.2 Å². The highest BCUT2D eigenvalue weighted by Gasteiger charge is 2.43. The van der Waals surface area contributed by atoms with Gasteiger partial charge in [-0.25, -0.2) is 0 Å². The fourth-order valence-corrected chi connectivity index (χ4v) is 2.09. The van der Waals surface area contributed by atoms with Crippen molar-refractivity contribution in [3.05, 3.63) is 0 Å². The first-order chi connectivity index (χ1) is 5.58. The van der Waals surface area contributed by atoms with Crippen molar-refractivity contribution in [3.8, 4) is 0 Å². The van der Waals surface area contributed by atoms with Crippen LogP contribution in [0, 0.1) is 0 Å². The van der Waals surface area contributed by atoms with E-state index in [-0.39, 0.29) is 12.1 Å². The summed E-state index contributed by atoms with van der Waals surface area (Å²) in [5, 5.41) is 22.1. The highest BCUT2D eigenvalue weighted by Crippen LogP contribution is 2.24. The van der Waals surface area contributed by atoms with Crippen LogP contribution in [0.1, 0.15) is 6.92 Å². The molecular formula is C8H16N2O2. The van der Waals surface area contributed by atoms with E-state index in [0.29, 0.717) is 19.6 Å². The molecule has 4 heteroatoms. The van der Waals surface area contributed by atoms with E-state index in [1.165, 1.54) is 0 Å². The van der Waals surface area contributed by atoms with Gasteiger partial charge in [0.05, 0.1) is 11.7 Å². The van der Waals surface area contributed by atoms with Gasteiger partial charge in [-0.05, 0) is 6.92 Å². The van der Waals surface area contributed by atoms with Crippen LogP contribution in [0.3, 0.4) is 0 Å². The molecule has 12 heavy (non-hydrogen) atoms. The van der Waals surface area contributed by atoms with Crippen LogP contribution in [0.15, 0.2) is 0 Å². The van der Waals surface area contributed by atoms with Gasteiger partial charge in [-0.2, -0.15) is 0 Å². The molecule has 2 atom stereocenters. The van der Waals surface area contributed by atoms with Crippen molar-refractivity contribution < 1.29 is 10.2 Å². The maximum Gasteiger partial charge on any atom is 0.0872 e. The summed E-state index contributed by atoms with van der Waals surface area (Å²) in [5.74, 6) is 0. The minimum absolute atomic E-state index is 0.213. The summed E-state index contributed by atoms with van der Waals surface area (Å²) in [6, 6.07) is 0.213. The van der Waals surface area contributed by atoms with Crippen LogP contribution in [0.2, 0.25) is 0 Å². The molecule has 2 saturated heterocycles. The molecular weight excluding hydrogens is 156 g/mol. The smallest absolute Gasteiger partial charge is 0.0872 e. The number of nitrogens with one attached hydrogen (secondary N) is 1. The van der Waals surface area contributed by atoms with Gasteiger partial charge in [0.1, 0.15) is 0 Å². The molecule has 4 nitrogen and oxygen atoms in total. The normalized spacial score (nSPS) is 41.2. The van der Waals surface area contributed by atoms with Crippen LogP contribution in [0.25, 0.3) is 0 Å². The summed E-state index contributed by atoms with van der Waals surface area (Å²) in [7, 11) is 0. The SMILES string of the molecule is CC1(O)CN([C@@H]2CNC[C@H]2O)C1. The van der Waals surface area contributed by atoms with Crippen molar-refractivity contribution in [1.82, 2.24) is 10.2 Å². The predicted molar refractivity (Wildman–Crippen MR) is 44.9 cm³/mol. The number of nitrogens with zero attached hydrogens (tertiary/aromatic N) is 1. The molecule has 2 fully saturated rings. The zero-order chi connectivity index (χ0) is 8.77. The molecule has 2 aliphatic heterocycles. The fraction of sp³-hybridized carbons (Fsp3) is 1.00. The lowest BCUT2D eigenvalue weighted by Crippen LogP contribution is -2.65. The number of rotatable bonds is 1. The van der Waals surface area contributed by atoms with Crippen LogP contribution < -0.4 is 5.32 Å². The molecule has 2 aliphatic rings. The maximum absolute atomic E-state index is 9.51. The number of β-amino-alcohol motifs (C(OH)–C–C–N with tert-alkyl or cyclic N) is 2. The van der Waals surface area contributed by atoms with Crippen molar-refractivity contribution in [2.24, 2.45) is 0 Å². The molecule has 0 aromatic rings. The molecule has 0 radical (unpaired) electrons. The Balaban J connectivity index is 1.87. The van der Waals surface area contributed by atoms with Gasteiger partial charge >= 0.3 is 0 Å². The summed E-state index contributed by atoms with van der Waals surface area (Å²) < 4.78 is 0. The number of likely N-dealkylation sites (tertiary alicyclic amines) is 1. The largest absolute Gasteiger partial charge is 0.390 e. The second-order valence-electron chi connectivity index (χ2n) is 4.19. The lowest BCUT2D eigenvalue weighted by atomic mass is 9.94. The Hall–Kier alpha value is -0.160. The quantitative estimate of drug-likeness (QED) is 0.445. The Kier molecular flexibility index (Phi) is 1.88. The highest BCUT2D eigenvalue weighted by molar-refractivity contribution is 5.00. The highest BCUT2D eigenvalue weighted by atomic mass is 16.3. The Bertz CT molecular complexity index is 176. The lowest BCUT2D eigenvalue weighted by Gasteiger charge is -2.48. The molecule has 0 spiro atoms. The Morgan fingerprint density at radius 2 is 2.08 bits per heavy atom. The summed E-state index contributed by atoms with van der Waals surface area (Å²) in [5.41, 5.74) is -0.525. The third kappa shape index (κ3) is 1.35. The monoisotopic (exact) mass is 172 g/mol. The summed E-state index contributed by atoms with van der Waals surface area (Å²) in [6.07, 6.45) is -0.263. The third-order valence-corrected chi connectivity index (χ3v) is 2.71. The van der Waals surface area contributed by atoms with Crippen LogP contribution in [-0.4, -0.2) is 59.0 Å². The van der Waals surface area contributed by atoms with E-state index in [1.807, 2.05) is 6.92 Å². The van der Waals surface area contributed by atoms with Gasteiger partial charge in [0.2, 0.25) is 0 Å². The number of aliphatic hydroxyl groups is 2. The number of hydrogen-bond acceptors (Lipinski definition) is 4. The fourth-order valence-electron chi connectivity index (χ4n) is 2.09. The number of aliphatic hydroxyl groups excluding tert-OH is 1. The van der Waals surface area contributed by atoms with Crippen molar-refractivity contribution >= 4 is 0 Å². The second-order valence-corrected chi connectivity index (χ2v) is 4.19. The van der Waals surface area contributed by atoms with Crippen molar-refractivity contribution in [3.63, 3.8) is 0 Å². The van der Waals surface area contributed by atoms with Gasteiger partial charge < -0.3 is 15.5 Å². The van der Waals surface area contributed by atoms with Gasteiger partial charge in [0, 0.05) is 32.2 Å². The predicted octanol–water partition coefficient (Wildman–Crippen LogP) is -1.61. The Morgan fingerprint density at radius 3 is 2.50 bits per heavy atom.